The molecule has 2 aromatic heterocycles. The van der Waals surface area contributed by atoms with Gasteiger partial charge >= 0.3 is 0 Å². The molecule has 2 N–H and O–H groups in total. The minimum absolute atomic E-state index is 0.619. The second-order valence-electron chi connectivity index (χ2n) is 4.88. The molecule has 0 fully saturated rings. The lowest BCUT2D eigenvalue weighted by Crippen LogP contribution is -2.04. The summed E-state index contributed by atoms with van der Waals surface area (Å²) in [7, 11) is 0. The molecule has 0 saturated heterocycles. The molecule has 0 unspecified atom stereocenters. The van der Waals surface area contributed by atoms with Crippen LogP contribution in [0.3, 0.4) is 0 Å². The van der Waals surface area contributed by atoms with Gasteiger partial charge in [0.25, 0.3) is 0 Å². The highest BCUT2D eigenvalue weighted by Crippen LogP contribution is 2.25. The van der Waals surface area contributed by atoms with E-state index < -0.39 is 0 Å². The molecular formula is C13H18N6S. The monoisotopic (exact) mass is 290 g/mol. The van der Waals surface area contributed by atoms with Crippen molar-refractivity contribution in [1.82, 2.24) is 24.7 Å². The zero-order valence-electron chi connectivity index (χ0n) is 11.3. The van der Waals surface area contributed by atoms with Crippen LogP contribution in [-0.2, 0) is 19.4 Å². The zero-order chi connectivity index (χ0) is 13.8. The number of aromatic nitrogens is 5. The first-order valence-electron chi connectivity index (χ1n) is 6.98. The molecular weight excluding hydrogens is 272 g/mol. The summed E-state index contributed by atoms with van der Waals surface area (Å²) in [6.07, 6.45) is 9.15. The molecule has 0 atom stereocenters. The van der Waals surface area contributed by atoms with Crippen LogP contribution in [-0.4, -0.2) is 31.3 Å². The smallest absolute Gasteiger partial charge is 0.199 e. The van der Waals surface area contributed by atoms with E-state index >= 15 is 0 Å². The molecule has 0 radical (unpaired) electrons. The molecule has 0 aliphatic carbocycles. The fourth-order valence-corrected chi connectivity index (χ4v) is 3.07. The summed E-state index contributed by atoms with van der Waals surface area (Å²) in [5, 5.41) is 10.2. The fraction of sp³-hybridized carbons (Fsp3) is 0.538. The molecule has 1 aliphatic heterocycles. The molecule has 3 rings (SSSR count). The summed E-state index contributed by atoms with van der Waals surface area (Å²) >= 11 is 1.48. The molecule has 0 saturated carbocycles. The van der Waals surface area contributed by atoms with E-state index in [2.05, 4.69) is 24.7 Å². The first-order valence-corrected chi connectivity index (χ1v) is 7.79. The fourth-order valence-electron chi connectivity index (χ4n) is 2.31. The number of nitrogens with zero attached hydrogens (tertiary/aromatic N) is 5. The third-order valence-corrected chi connectivity index (χ3v) is 4.25. The number of hydrogen-bond acceptors (Lipinski definition) is 6. The first-order chi connectivity index (χ1) is 9.86. The van der Waals surface area contributed by atoms with Crippen molar-refractivity contribution in [2.75, 3.05) is 6.54 Å². The van der Waals surface area contributed by atoms with Gasteiger partial charge in [-0.25, -0.2) is 9.97 Å². The highest BCUT2D eigenvalue weighted by Gasteiger charge is 2.16. The lowest BCUT2D eigenvalue weighted by atomic mass is 10.2. The standard InChI is InChI=1S/C13H18N6S/c14-6-5-10-8-15-12(16-9-10)20-13-18-17-11-4-2-1-3-7-19(11)13/h8-9H,1-7,14H2. The van der Waals surface area contributed by atoms with Crippen LogP contribution < -0.4 is 5.73 Å². The van der Waals surface area contributed by atoms with E-state index in [1.54, 1.807) is 0 Å². The molecule has 0 amide bonds. The number of rotatable bonds is 4. The van der Waals surface area contributed by atoms with Crippen LogP contribution in [0, 0.1) is 0 Å². The molecule has 7 heteroatoms. The van der Waals surface area contributed by atoms with Crippen LogP contribution >= 0.6 is 11.8 Å². The zero-order valence-corrected chi connectivity index (χ0v) is 12.1. The number of aryl methyl sites for hydroxylation is 1. The average molecular weight is 290 g/mol. The summed E-state index contributed by atoms with van der Waals surface area (Å²) in [6, 6.07) is 0. The highest BCUT2D eigenvalue weighted by molar-refractivity contribution is 7.99. The van der Waals surface area contributed by atoms with Gasteiger partial charge in [0.05, 0.1) is 0 Å². The third-order valence-electron chi connectivity index (χ3n) is 3.37. The van der Waals surface area contributed by atoms with Gasteiger partial charge in [-0.2, -0.15) is 0 Å². The predicted octanol–water partition coefficient (Wildman–Crippen LogP) is 1.45. The largest absolute Gasteiger partial charge is 0.330 e. The van der Waals surface area contributed by atoms with Gasteiger partial charge in [-0.1, -0.05) is 6.42 Å². The Morgan fingerprint density at radius 3 is 2.80 bits per heavy atom. The number of nitrogens with two attached hydrogens (primary N) is 1. The summed E-state index contributed by atoms with van der Waals surface area (Å²) < 4.78 is 2.20. The molecule has 20 heavy (non-hydrogen) atoms. The summed E-state index contributed by atoms with van der Waals surface area (Å²) in [4.78, 5) is 8.72. The maximum atomic E-state index is 5.52. The van der Waals surface area contributed by atoms with Crippen molar-refractivity contribution in [3.63, 3.8) is 0 Å². The van der Waals surface area contributed by atoms with E-state index in [-0.39, 0.29) is 0 Å². The minimum Gasteiger partial charge on any atom is -0.330 e. The maximum absolute atomic E-state index is 5.52. The van der Waals surface area contributed by atoms with Crippen molar-refractivity contribution in [1.29, 1.82) is 0 Å². The van der Waals surface area contributed by atoms with E-state index in [0.29, 0.717) is 11.7 Å². The molecule has 106 valence electrons. The number of hydrogen-bond donors (Lipinski definition) is 1. The van der Waals surface area contributed by atoms with Gasteiger partial charge in [-0.3, -0.25) is 0 Å². The van der Waals surface area contributed by atoms with Crippen LogP contribution in [0.2, 0.25) is 0 Å². The Kier molecular flexibility index (Phi) is 4.27. The van der Waals surface area contributed by atoms with Crippen LogP contribution in [0.25, 0.3) is 0 Å². The summed E-state index contributed by atoms with van der Waals surface area (Å²) in [6.45, 7) is 1.61. The predicted molar refractivity (Wildman–Crippen MR) is 76.5 cm³/mol. The molecule has 0 bridgehead atoms. The van der Waals surface area contributed by atoms with E-state index in [1.165, 1.54) is 31.0 Å². The van der Waals surface area contributed by atoms with Gasteiger partial charge in [0.2, 0.25) is 0 Å². The van der Waals surface area contributed by atoms with Crippen molar-refractivity contribution in [2.24, 2.45) is 5.73 Å². The third kappa shape index (κ3) is 2.99. The van der Waals surface area contributed by atoms with Crippen molar-refractivity contribution in [3.8, 4) is 0 Å². The Hall–Kier alpha value is -1.47. The Morgan fingerprint density at radius 2 is 2.00 bits per heavy atom. The normalized spacial score (nSPS) is 14.8. The van der Waals surface area contributed by atoms with Crippen LogP contribution in [0.5, 0.6) is 0 Å². The van der Waals surface area contributed by atoms with Gasteiger partial charge in [0, 0.05) is 25.4 Å². The van der Waals surface area contributed by atoms with Crippen molar-refractivity contribution in [2.45, 2.75) is 49.0 Å². The van der Waals surface area contributed by atoms with Gasteiger partial charge < -0.3 is 10.3 Å². The topological polar surface area (TPSA) is 82.5 Å². The van der Waals surface area contributed by atoms with Gasteiger partial charge in [-0.05, 0) is 43.1 Å². The molecule has 2 aromatic rings. The van der Waals surface area contributed by atoms with Gasteiger partial charge in [0.1, 0.15) is 5.82 Å². The van der Waals surface area contributed by atoms with Crippen molar-refractivity contribution in [3.05, 3.63) is 23.8 Å². The Bertz CT molecular complexity index is 565. The highest BCUT2D eigenvalue weighted by atomic mass is 32.2. The molecule has 1 aliphatic rings. The summed E-state index contributed by atoms with van der Waals surface area (Å²) in [5.41, 5.74) is 6.58. The lowest BCUT2D eigenvalue weighted by molar-refractivity contribution is 0.590. The van der Waals surface area contributed by atoms with Crippen molar-refractivity contribution < 1.29 is 0 Å². The molecule has 0 spiro atoms. The lowest BCUT2D eigenvalue weighted by Gasteiger charge is -2.05. The van der Waals surface area contributed by atoms with Crippen LogP contribution in [0.4, 0.5) is 0 Å². The summed E-state index contributed by atoms with van der Waals surface area (Å²) in [5.74, 6) is 1.09. The van der Waals surface area contributed by atoms with E-state index in [1.807, 2.05) is 12.4 Å². The second kappa shape index (κ2) is 6.32. The number of fused-ring (bicyclic) bond motifs is 1. The Balaban J connectivity index is 1.76. The van der Waals surface area contributed by atoms with E-state index in [0.717, 1.165) is 35.9 Å². The van der Waals surface area contributed by atoms with E-state index in [4.69, 9.17) is 5.73 Å². The quantitative estimate of drug-likeness (QED) is 0.858. The van der Waals surface area contributed by atoms with Crippen LogP contribution in [0.1, 0.15) is 30.7 Å². The van der Waals surface area contributed by atoms with Crippen molar-refractivity contribution >= 4 is 11.8 Å². The Labute approximate surface area is 122 Å². The first kappa shape index (κ1) is 13.5. The van der Waals surface area contributed by atoms with Crippen LogP contribution in [0.15, 0.2) is 22.7 Å². The van der Waals surface area contributed by atoms with Gasteiger partial charge in [-0.15, -0.1) is 10.2 Å². The second-order valence-corrected chi connectivity index (χ2v) is 5.81. The average Bonchev–Trinajstić information content (AvgIpc) is 2.70. The molecule has 0 aromatic carbocycles. The Morgan fingerprint density at radius 1 is 1.15 bits per heavy atom. The maximum Gasteiger partial charge on any atom is 0.199 e. The van der Waals surface area contributed by atoms with E-state index in [9.17, 15) is 0 Å². The SMILES string of the molecule is NCCc1cnc(Sc2nnc3n2CCCCC3)nc1. The molecule has 3 heterocycles. The minimum atomic E-state index is 0.619. The molecule has 6 nitrogen and oxygen atoms in total. The van der Waals surface area contributed by atoms with Gasteiger partial charge in [0.15, 0.2) is 10.3 Å².